The lowest BCUT2D eigenvalue weighted by Gasteiger charge is -2.25. The molecule has 3 aliphatic rings. The Morgan fingerprint density at radius 1 is 0.354 bits per heavy atom. The maximum Gasteiger partial charge on any atom is 0.0300 e. The molecular formula is C45H33N3. The van der Waals surface area contributed by atoms with Crippen molar-refractivity contribution in [1.29, 1.82) is 0 Å². The van der Waals surface area contributed by atoms with Gasteiger partial charge in [-0.3, -0.25) is 15.0 Å². The van der Waals surface area contributed by atoms with Crippen LogP contribution in [0.1, 0.15) is 67.8 Å². The van der Waals surface area contributed by atoms with Gasteiger partial charge in [0, 0.05) is 54.9 Å². The molecule has 0 bridgehead atoms. The minimum atomic E-state index is 0.229. The summed E-state index contributed by atoms with van der Waals surface area (Å²) >= 11 is 0. The van der Waals surface area contributed by atoms with Crippen LogP contribution in [0.3, 0.4) is 0 Å². The lowest BCUT2D eigenvalue weighted by atomic mass is 9.78. The molecule has 0 N–H and O–H groups in total. The van der Waals surface area contributed by atoms with Crippen LogP contribution < -0.4 is 0 Å². The molecule has 3 heterocycles. The van der Waals surface area contributed by atoms with Gasteiger partial charge in [-0.25, -0.2) is 0 Å². The third kappa shape index (κ3) is 4.10. The summed E-state index contributed by atoms with van der Waals surface area (Å²) in [5.74, 6) is 0.687. The van der Waals surface area contributed by atoms with Crippen molar-refractivity contribution in [3.05, 3.63) is 196 Å². The largest absolute Gasteiger partial charge is 0.264 e. The molecule has 3 atom stereocenters. The minimum Gasteiger partial charge on any atom is -0.264 e. The topological polar surface area (TPSA) is 38.7 Å². The molecule has 0 spiro atoms. The van der Waals surface area contributed by atoms with Crippen molar-refractivity contribution < 1.29 is 0 Å². The molecule has 10 rings (SSSR count). The van der Waals surface area contributed by atoms with E-state index in [0.717, 1.165) is 19.3 Å². The smallest absolute Gasteiger partial charge is 0.0300 e. The van der Waals surface area contributed by atoms with Gasteiger partial charge in [0.05, 0.1) is 0 Å². The highest BCUT2D eigenvalue weighted by Gasteiger charge is 2.46. The third-order valence-electron chi connectivity index (χ3n) is 11.0. The molecule has 0 saturated heterocycles. The minimum absolute atomic E-state index is 0.229. The van der Waals surface area contributed by atoms with E-state index in [1.807, 2.05) is 18.6 Å². The summed E-state index contributed by atoms with van der Waals surface area (Å²) in [7, 11) is 0. The van der Waals surface area contributed by atoms with Gasteiger partial charge in [0.25, 0.3) is 0 Å². The number of benzene rings is 4. The number of hydrogen-bond donors (Lipinski definition) is 0. The van der Waals surface area contributed by atoms with E-state index in [9.17, 15) is 0 Å². The zero-order valence-electron chi connectivity index (χ0n) is 26.6. The van der Waals surface area contributed by atoms with Crippen molar-refractivity contribution >= 4 is 0 Å². The van der Waals surface area contributed by atoms with Crippen LogP contribution in [0.5, 0.6) is 0 Å². The second kappa shape index (κ2) is 11.0. The van der Waals surface area contributed by atoms with E-state index >= 15 is 0 Å². The van der Waals surface area contributed by atoms with Gasteiger partial charge < -0.3 is 0 Å². The Morgan fingerprint density at radius 2 is 0.667 bits per heavy atom. The van der Waals surface area contributed by atoms with Gasteiger partial charge in [-0.05, 0) is 121 Å². The van der Waals surface area contributed by atoms with Crippen molar-refractivity contribution in [2.24, 2.45) is 0 Å². The van der Waals surface area contributed by atoms with Crippen molar-refractivity contribution in [2.45, 2.75) is 37.0 Å². The Balaban J connectivity index is 1.32. The van der Waals surface area contributed by atoms with Crippen LogP contribution >= 0.6 is 0 Å². The molecule has 0 saturated carbocycles. The number of nitrogens with zero attached hydrogens (tertiary/aromatic N) is 3. The molecule has 48 heavy (non-hydrogen) atoms. The van der Waals surface area contributed by atoms with Crippen molar-refractivity contribution in [3.63, 3.8) is 0 Å². The Morgan fingerprint density at radius 3 is 0.958 bits per heavy atom. The van der Waals surface area contributed by atoms with E-state index in [2.05, 4.69) is 143 Å². The second-order valence-electron chi connectivity index (χ2n) is 13.5. The van der Waals surface area contributed by atoms with Gasteiger partial charge >= 0.3 is 0 Å². The Bertz CT molecular complexity index is 2040. The summed E-state index contributed by atoms with van der Waals surface area (Å²) in [5, 5.41) is 0. The first-order chi connectivity index (χ1) is 23.8. The fourth-order valence-electron chi connectivity index (χ4n) is 9.18. The number of rotatable bonds is 6. The highest BCUT2D eigenvalue weighted by Crippen LogP contribution is 2.65. The molecule has 3 nitrogen and oxygen atoms in total. The molecule has 3 aromatic heterocycles. The monoisotopic (exact) mass is 615 g/mol. The van der Waals surface area contributed by atoms with Crippen molar-refractivity contribution in [3.8, 4) is 33.4 Å². The average Bonchev–Trinajstić information content (AvgIpc) is 3.76. The summed E-state index contributed by atoms with van der Waals surface area (Å²) in [5.41, 5.74) is 21.1. The molecule has 0 fully saturated rings. The Kier molecular flexibility index (Phi) is 6.26. The third-order valence-corrected chi connectivity index (χ3v) is 11.0. The van der Waals surface area contributed by atoms with Crippen LogP contribution in [0.25, 0.3) is 33.4 Å². The highest BCUT2D eigenvalue weighted by molar-refractivity contribution is 6.03. The standard InChI is InChI=1S/C45H33N3/c1-4-16-34-31(13-1)37(22-28-10-7-19-46-25-28)43-40(34)44-38(23-29-11-8-20-47-26-29)33-15-3-6-18-36(33)42(44)45-39(24-30-12-9-21-48-27-30)32-14-2-5-17-35(32)41(43)45/h1-21,25-27,37-39H,22-24H2/t37-,38-,39-/m1/s1. The van der Waals surface area contributed by atoms with Crippen molar-refractivity contribution in [2.75, 3.05) is 0 Å². The van der Waals surface area contributed by atoms with Crippen LogP contribution in [0.4, 0.5) is 0 Å². The summed E-state index contributed by atoms with van der Waals surface area (Å²) in [4.78, 5) is 13.6. The quantitative estimate of drug-likeness (QED) is 0.187. The molecule has 228 valence electrons. The zero-order chi connectivity index (χ0) is 31.6. The first-order valence-corrected chi connectivity index (χ1v) is 17.0. The van der Waals surface area contributed by atoms with Gasteiger partial charge in [0.1, 0.15) is 0 Å². The number of aromatic nitrogens is 3. The predicted molar refractivity (Wildman–Crippen MR) is 192 cm³/mol. The summed E-state index contributed by atoms with van der Waals surface area (Å²) in [6.45, 7) is 0. The van der Waals surface area contributed by atoms with Gasteiger partial charge in [-0.2, -0.15) is 0 Å². The molecule has 0 aliphatic heterocycles. The van der Waals surface area contributed by atoms with Crippen LogP contribution in [0.2, 0.25) is 0 Å². The van der Waals surface area contributed by atoms with Crippen LogP contribution in [0.15, 0.2) is 146 Å². The number of hydrogen-bond acceptors (Lipinski definition) is 3. The first-order valence-electron chi connectivity index (χ1n) is 17.0. The van der Waals surface area contributed by atoms with E-state index < -0.39 is 0 Å². The van der Waals surface area contributed by atoms with Gasteiger partial charge in [-0.15, -0.1) is 0 Å². The van der Waals surface area contributed by atoms with E-state index in [0.29, 0.717) is 0 Å². The predicted octanol–water partition coefficient (Wildman–Crippen LogP) is 9.94. The lowest BCUT2D eigenvalue weighted by molar-refractivity contribution is 0.798. The van der Waals surface area contributed by atoms with Crippen LogP contribution in [-0.4, -0.2) is 15.0 Å². The summed E-state index contributed by atoms with van der Waals surface area (Å²) < 4.78 is 0. The second-order valence-corrected chi connectivity index (χ2v) is 13.5. The molecule has 4 aromatic carbocycles. The van der Waals surface area contributed by atoms with Gasteiger partial charge in [0.15, 0.2) is 0 Å². The fraction of sp³-hybridized carbons (Fsp3) is 0.133. The SMILES string of the molecule is c1cncc(C[C@@H]2c3ccccc3-c3c2c2c(c4c3[C@H](Cc3cccnc3)c3ccccc3-4)[C@H](Cc3cccnc3)c3ccccc3-2)c1. The maximum atomic E-state index is 4.54. The van der Waals surface area contributed by atoms with Crippen LogP contribution in [0, 0.1) is 0 Å². The molecule has 0 amide bonds. The molecule has 7 aromatic rings. The molecule has 0 radical (unpaired) electrons. The summed E-state index contributed by atoms with van der Waals surface area (Å²) in [6.07, 6.45) is 14.5. The van der Waals surface area contributed by atoms with E-state index in [1.54, 1.807) is 0 Å². The number of pyridine rings is 3. The van der Waals surface area contributed by atoms with Crippen LogP contribution in [-0.2, 0) is 19.3 Å². The Hall–Kier alpha value is -5.67. The summed E-state index contributed by atoms with van der Waals surface area (Å²) in [6, 6.07) is 40.6. The highest BCUT2D eigenvalue weighted by atomic mass is 14.6. The Labute approximate surface area is 281 Å². The molecule has 0 unspecified atom stereocenters. The normalized spacial score (nSPS) is 17.6. The lowest BCUT2D eigenvalue weighted by Crippen LogP contribution is -2.09. The zero-order valence-corrected chi connectivity index (χ0v) is 26.6. The average molecular weight is 616 g/mol. The first kappa shape index (κ1) is 27.4. The molecule has 3 heteroatoms. The van der Waals surface area contributed by atoms with E-state index in [1.165, 1.54) is 83.5 Å². The fourth-order valence-corrected chi connectivity index (χ4v) is 9.18. The molecule has 3 aliphatic carbocycles. The van der Waals surface area contributed by atoms with Gasteiger partial charge in [0.2, 0.25) is 0 Å². The van der Waals surface area contributed by atoms with E-state index in [4.69, 9.17) is 0 Å². The van der Waals surface area contributed by atoms with Crippen molar-refractivity contribution in [1.82, 2.24) is 15.0 Å². The maximum absolute atomic E-state index is 4.54. The van der Waals surface area contributed by atoms with E-state index in [-0.39, 0.29) is 17.8 Å². The van der Waals surface area contributed by atoms with Gasteiger partial charge in [-0.1, -0.05) is 91.0 Å². The number of fused-ring (bicyclic) bond motifs is 12. The molecular weight excluding hydrogens is 583 g/mol.